The largest absolute Gasteiger partial charge is 0.405 e. The Kier molecular flexibility index (Phi) is 5.57. The highest BCUT2D eigenvalue weighted by Crippen LogP contribution is 2.14. The number of anilines is 1. The van der Waals surface area contributed by atoms with E-state index in [2.05, 4.69) is 10.6 Å². The molecule has 1 aromatic rings. The first-order valence-corrected chi connectivity index (χ1v) is 6.20. The molecule has 0 aromatic heterocycles. The molecule has 0 aliphatic heterocycles. The lowest BCUT2D eigenvalue weighted by molar-refractivity contribution is -0.123. The molecular formula is C13H16F3N3O2. The normalized spacial score (nSPS) is 11.1. The number of hydrogen-bond donors (Lipinski definition) is 3. The third kappa shape index (κ3) is 6.64. The van der Waals surface area contributed by atoms with Gasteiger partial charge in [0, 0.05) is 17.3 Å². The summed E-state index contributed by atoms with van der Waals surface area (Å²) >= 11 is 0. The van der Waals surface area contributed by atoms with Gasteiger partial charge in [-0.25, -0.2) is 4.79 Å². The Hall–Kier alpha value is -2.25. The Morgan fingerprint density at radius 3 is 2.48 bits per heavy atom. The standard InChI is InChI=1S/C13H16F3N3O2/c1-8(2)18-12(21)19-10-5-3-4-9(6-10)11(20)17-7-13(14,15)16/h3-6,8H,7H2,1-2H3,(H,17,20)(H2,18,19,21). The minimum atomic E-state index is -4.47. The van der Waals surface area contributed by atoms with E-state index in [0.29, 0.717) is 5.69 Å². The van der Waals surface area contributed by atoms with Gasteiger partial charge in [-0.05, 0) is 32.0 Å². The summed E-state index contributed by atoms with van der Waals surface area (Å²) in [6.45, 7) is 2.15. The molecule has 0 saturated carbocycles. The number of carbonyl (C=O) groups excluding carboxylic acids is 2. The predicted molar refractivity (Wildman–Crippen MR) is 72.1 cm³/mol. The molecule has 3 N–H and O–H groups in total. The summed E-state index contributed by atoms with van der Waals surface area (Å²) in [5.74, 6) is -0.861. The monoisotopic (exact) mass is 303 g/mol. The minimum Gasteiger partial charge on any atom is -0.343 e. The lowest BCUT2D eigenvalue weighted by Crippen LogP contribution is -2.34. The fourth-order valence-corrected chi connectivity index (χ4v) is 1.45. The van der Waals surface area contributed by atoms with Gasteiger partial charge < -0.3 is 16.0 Å². The molecule has 0 unspecified atom stereocenters. The first-order chi connectivity index (χ1) is 9.67. The number of hydrogen-bond acceptors (Lipinski definition) is 2. The molecule has 1 aromatic carbocycles. The molecule has 0 fully saturated rings. The number of amides is 3. The van der Waals surface area contributed by atoms with Crippen LogP contribution in [-0.4, -0.2) is 30.7 Å². The van der Waals surface area contributed by atoms with E-state index in [1.54, 1.807) is 19.2 Å². The lowest BCUT2D eigenvalue weighted by Gasteiger charge is -2.11. The van der Waals surface area contributed by atoms with Gasteiger partial charge in [0.25, 0.3) is 5.91 Å². The second-order valence-corrected chi connectivity index (χ2v) is 4.63. The average molecular weight is 303 g/mol. The number of carbonyl (C=O) groups is 2. The number of halogens is 3. The van der Waals surface area contributed by atoms with Crippen LogP contribution in [0.4, 0.5) is 23.7 Å². The summed E-state index contributed by atoms with van der Waals surface area (Å²) in [5, 5.41) is 6.83. The van der Waals surface area contributed by atoms with Crippen LogP contribution in [0, 0.1) is 0 Å². The Bertz CT molecular complexity index is 516. The molecule has 116 valence electrons. The molecule has 0 radical (unpaired) electrons. The molecule has 8 heteroatoms. The van der Waals surface area contributed by atoms with Gasteiger partial charge >= 0.3 is 12.2 Å². The highest BCUT2D eigenvalue weighted by Gasteiger charge is 2.27. The van der Waals surface area contributed by atoms with Gasteiger partial charge in [-0.15, -0.1) is 0 Å². The van der Waals surface area contributed by atoms with E-state index in [9.17, 15) is 22.8 Å². The van der Waals surface area contributed by atoms with Crippen molar-refractivity contribution in [3.8, 4) is 0 Å². The molecule has 0 saturated heterocycles. The number of urea groups is 1. The van der Waals surface area contributed by atoms with Gasteiger partial charge in [0.05, 0.1) is 0 Å². The van der Waals surface area contributed by atoms with Crippen molar-refractivity contribution in [1.82, 2.24) is 10.6 Å². The van der Waals surface area contributed by atoms with Crippen LogP contribution in [-0.2, 0) is 0 Å². The van der Waals surface area contributed by atoms with E-state index < -0.39 is 24.7 Å². The van der Waals surface area contributed by atoms with Gasteiger partial charge in [-0.1, -0.05) is 6.07 Å². The van der Waals surface area contributed by atoms with Crippen molar-refractivity contribution in [3.05, 3.63) is 29.8 Å². The molecule has 3 amide bonds. The van der Waals surface area contributed by atoms with Crippen LogP contribution >= 0.6 is 0 Å². The highest BCUT2D eigenvalue weighted by molar-refractivity contribution is 5.96. The van der Waals surface area contributed by atoms with Gasteiger partial charge in [-0.2, -0.15) is 13.2 Å². The van der Waals surface area contributed by atoms with Crippen LogP contribution in [0.15, 0.2) is 24.3 Å². The van der Waals surface area contributed by atoms with E-state index in [0.717, 1.165) is 0 Å². The number of nitrogens with one attached hydrogen (secondary N) is 3. The summed E-state index contributed by atoms with van der Waals surface area (Å²) in [6.07, 6.45) is -4.47. The smallest absolute Gasteiger partial charge is 0.343 e. The van der Waals surface area contributed by atoms with Crippen molar-refractivity contribution in [3.63, 3.8) is 0 Å². The molecule has 0 spiro atoms. The predicted octanol–water partition coefficient (Wildman–Crippen LogP) is 2.51. The third-order valence-electron chi connectivity index (χ3n) is 2.25. The van der Waals surface area contributed by atoms with Crippen molar-refractivity contribution >= 4 is 17.6 Å². The van der Waals surface area contributed by atoms with Crippen molar-refractivity contribution in [2.24, 2.45) is 0 Å². The number of alkyl halides is 3. The minimum absolute atomic E-state index is 0.0293. The maximum absolute atomic E-state index is 12.0. The summed E-state index contributed by atoms with van der Waals surface area (Å²) in [4.78, 5) is 23.1. The van der Waals surface area contributed by atoms with Crippen molar-refractivity contribution < 1.29 is 22.8 Å². The zero-order valence-corrected chi connectivity index (χ0v) is 11.5. The van der Waals surface area contributed by atoms with Crippen LogP contribution < -0.4 is 16.0 Å². The maximum atomic E-state index is 12.0. The van der Waals surface area contributed by atoms with E-state index in [-0.39, 0.29) is 11.6 Å². The molecule has 0 aliphatic carbocycles. The topological polar surface area (TPSA) is 70.2 Å². The van der Waals surface area contributed by atoms with Crippen LogP contribution in [0.5, 0.6) is 0 Å². The van der Waals surface area contributed by atoms with E-state index in [1.807, 2.05) is 0 Å². The SMILES string of the molecule is CC(C)NC(=O)Nc1cccc(C(=O)NCC(F)(F)F)c1. The number of rotatable bonds is 4. The summed E-state index contributed by atoms with van der Waals surface area (Å²) in [5.41, 5.74) is 0.342. The second kappa shape index (κ2) is 6.96. The quantitative estimate of drug-likeness (QED) is 0.800. The van der Waals surface area contributed by atoms with Gasteiger partial charge in [0.1, 0.15) is 6.54 Å². The Morgan fingerprint density at radius 1 is 1.24 bits per heavy atom. The van der Waals surface area contributed by atoms with Gasteiger partial charge in [0.2, 0.25) is 0 Å². The molecule has 21 heavy (non-hydrogen) atoms. The van der Waals surface area contributed by atoms with Crippen LogP contribution in [0.3, 0.4) is 0 Å². The fourth-order valence-electron chi connectivity index (χ4n) is 1.45. The molecule has 0 heterocycles. The average Bonchev–Trinajstić information content (AvgIpc) is 2.34. The Labute approximate surface area is 119 Å². The zero-order chi connectivity index (χ0) is 16.0. The molecule has 0 atom stereocenters. The van der Waals surface area contributed by atoms with Crippen molar-refractivity contribution in [2.45, 2.75) is 26.1 Å². The molecule has 0 bridgehead atoms. The van der Waals surface area contributed by atoms with E-state index in [1.165, 1.54) is 24.3 Å². The lowest BCUT2D eigenvalue weighted by atomic mass is 10.2. The third-order valence-corrected chi connectivity index (χ3v) is 2.25. The highest BCUT2D eigenvalue weighted by atomic mass is 19.4. The van der Waals surface area contributed by atoms with Crippen LogP contribution in [0.25, 0.3) is 0 Å². The van der Waals surface area contributed by atoms with E-state index in [4.69, 9.17) is 0 Å². The fraction of sp³-hybridized carbons (Fsp3) is 0.385. The first-order valence-electron chi connectivity index (χ1n) is 6.20. The maximum Gasteiger partial charge on any atom is 0.405 e. The first kappa shape index (κ1) is 16.8. The summed E-state index contributed by atoms with van der Waals surface area (Å²) in [6, 6.07) is 5.12. The van der Waals surface area contributed by atoms with E-state index >= 15 is 0 Å². The molecule has 5 nitrogen and oxygen atoms in total. The zero-order valence-electron chi connectivity index (χ0n) is 11.5. The Balaban J connectivity index is 2.67. The van der Waals surface area contributed by atoms with Crippen molar-refractivity contribution in [1.29, 1.82) is 0 Å². The molecule has 0 aliphatic rings. The van der Waals surface area contributed by atoms with Gasteiger partial charge in [-0.3, -0.25) is 4.79 Å². The summed E-state index contributed by atoms with van der Waals surface area (Å²) < 4.78 is 36.1. The summed E-state index contributed by atoms with van der Waals surface area (Å²) in [7, 11) is 0. The Morgan fingerprint density at radius 2 is 1.90 bits per heavy atom. The van der Waals surface area contributed by atoms with Crippen LogP contribution in [0.2, 0.25) is 0 Å². The van der Waals surface area contributed by atoms with Crippen molar-refractivity contribution in [2.75, 3.05) is 11.9 Å². The molecular weight excluding hydrogens is 287 g/mol. The van der Waals surface area contributed by atoms with Crippen LogP contribution in [0.1, 0.15) is 24.2 Å². The second-order valence-electron chi connectivity index (χ2n) is 4.63. The number of benzene rings is 1. The van der Waals surface area contributed by atoms with Gasteiger partial charge in [0.15, 0.2) is 0 Å². The molecule has 1 rings (SSSR count).